The lowest BCUT2D eigenvalue weighted by molar-refractivity contribution is 0.0943. The van der Waals surface area contributed by atoms with Crippen molar-refractivity contribution in [3.63, 3.8) is 0 Å². The first kappa shape index (κ1) is 27.2. The van der Waals surface area contributed by atoms with Gasteiger partial charge in [0, 0.05) is 44.0 Å². The number of nitrogens with zero attached hydrogens (tertiary/aromatic N) is 5. The summed E-state index contributed by atoms with van der Waals surface area (Å²) in [5, 5.41) is 12.2. The van der Waals surface area contributed by atoms with Crippen LogP contribution in [0.2, 0.25) is 0 Å². The Balaban J connectivity index is 1.34. The topological polar surface area (TPSA) is 85.2 Å². The monoisotopic (exact) mass is 514 g/mol. The number of nitriles is 1. The Bertz CT molecular complexity index is 1260. The molecule has 0 aliphatic carbocycles. The number of hydrogen-bond acceptors (Lipinski definition) is 6. The van der Waals surface area contributed by atoms with Crippen LogP contribution in [0, 0.1) is 31.0 Å². The molecule has 1 N–H and O–H groups in total. The highest BCUT2D eigenvalue weighted by molar-refractivity contribution is 5.96. The second kappa shape index (κ2) is 12.6. The van der Waals surface area contributed by atoms with Gasteiger partial charge >= 0.3 is 0 Å². The average molecular weight is 515 g/mol. The Morgan fingerprint density at radius 1 is 1.16 bits per heavy atom. The molecule has 0 radical (unpaired) electrons. The van der Waals surface area contributed by atoms with Gasteiger partial charge in [-0.2, -0.15) is 5.26 Å². The maximum atomic E-state index is 13.9. The zero-order valence-corrected chi connectivity index (χ0v) is 22.3. The molecule has 7 nitrogen and oxygen atoms in total. The van der Waals surface area contributed by atoms with Crippen molar-refractivity contribution >= 4 is 11.6 Å². The quantitative estimate of drug-likeness (QED) is 0.442. The number of aryl methyl sites for hydroxylation is 2. The van der Waals surface area contributed by atoms with Gasteiger partial charge in [-0.3, -0.25) is 4.79 Å². The fourth-order valence-corrected chi connectivity index (χ4v) is 5.22. The fraction of sp³-hybridized carbons (Fsp3) is 0.400. The largest absolute Gasteiger partial charge is 0.364 e. The summed E-state index contributed by atoms with van der Waals surface area (Å²) in [7, 11) is 0. The van der Waals surface area contributed by atoms with Gasteiger partial charge < -0.3 is 15.1 Å². The number of amides is 1. The van der Waals surface area contributed by atoms with E-state index in [0.717, 1.165) is 43.6 Å². The number of aromatic nitrogens is 2. The van der Waals surface area contributed by atoms with E-state index in [4.69, 9.17) is 0 Å². The first-order valence-electron chi connectivity index (χ1n) is 13.2. The third-order valence-electron chi connectivity index (χ3n) is 7.43. The van der Waals surface area contributed by atoms with Gasteiger partial charge in [-0.15, -0.1) is 0 Å². The van der Waals surface area contributed by atoms with Crippen LogP contribution >= 0.6 is 0 Å². The Labute approximate surface area is 224 Å². The van der Waals surface area contributed by atoms with Crippen LogP contribution in [0.25, 0.3) is 0 Å². The van der Waals surface area contributed by atoms with E-state index in [9.17, 15) is 14.4 Å². The molecule has 1 amide bonds. The first-order chi connectivity index (χ1) is 18.4. The Hall–Kier alpha value is -3.83. The fourth-order valence-electron chi connectivity index (χ4n) is 5.22. The summed E-state index contributed by atoms with van der Waals surface area (Å²) in [6.07, 6.45) is 4.29. The third-order valence-corrected chi connectivity index (χ3v) is 7.43. The molecule has 1 aliphatic heterocycles. The summed E-state index contributed by atoms with van der Waals surface area (Å²) in [5.74, 6) is -0.356. The summed E-state index contributed by atoms with van der Waals surface area (Å²) < 4.78 is 13.9. The van der Waals surface area contributed by atoms with Crippen molar-refractivity contribution in [1.82, 2.24) is 20.2 Å². The highest BCUT2D eigenvalue weighted by Crippen LogP contribution is 2.27. The standard InChI is InChI=1S/C30H35FN6O/c1-21(11-14-33-30(38)29-22(2)34-20-35-23(29)3)36-15-12-28(13-16-36)37(19-25-5-4-6-26(31)17-25)27-9-7-24(18-32)8-10-27/h4-10,17,20-21,28H,11-16,19H2,1-3H3,(H,33,38). The maximum Gasteiger partial charge on any atom is 0.254 e. The Morgan fingerprint density at radius 2 is 1.84 bits per heavy atom. The van der Waals surface area contributed by atoms with E-state index in [1.54, 1.807) is 12.1 Å². The van der Waals surface area contributed by atoms with E-state index in [1.807, 2.05) is 44.2 Å². The van der Waals surface area contributed by atoms with Crippen LogP contribution in [0.1, 0.15) is 59.1 Å². The second-order valence-electron chi connectivity index (χ2n) is 10.00. The van der Waals surface area contributed by atoms with Gasteiger partial charge in [-0.25, -0.2) is 14.4 Å². The number of nitrogens with one attached hydrogen (secondary N) is 1. The number of benzene rings is 2. The van der Waals surface area contributed by atoms with Gasteiger partial charge in [0.15, 0.2) is 0 Å². The van der Waals surface area contributed by atoms with Gasteiger partial charge in [-0.05, 0) is 82.0 Å². The summed E-state index contributed by atoms with van der Waals surface area (Å²) in [6, 6.07) is 17.2. The van der Waals surface area contributed by atoms with E-state index in [1.165, 1.54) is 12.4 Å². The normalized spacial score (nSPS) is 15.0. The van der Waals surface area contributed by atoms with Crippen molar-refractivity contribution in [3.05, 3.63) is 88.8 Å². The molecule has 0 spiro atoms. The lowest BCUT2D eigenvalue weighted by Gasteiger charge is -2.42. The van der Waals surface area contributed by atoms with Crippen LogP contribution < -0.4 is 10.2 Å². The molecular formula is C30H35FN6O. The van der Waals surface area contributed by atoms with Gasteiger partial charge in [0.25, 0.3) is 5.91 Å². The molecule has 3 aromatic rings. The van der Waals surface area contributed by atoms with E-state index in [2.05, 4.69) is 38.1 Å². The molecule has 1 saturated heterocycles. The predicted molar refractivity (Wildman–Crippen MR) is 146 cm³/mol. The number of likely N-dealkylation sites (tertiary alicyclic amines) is 1. The average Bonchev–Trinajstić information content (AvgIpc) is 2.92. The van der Waals surface area contributed by atoms with Crippen molar-refractivity contribution in [2.45, 2.75) is 58.7 Å². The van der Waals surface area contributed by atoms with Crippen molar-refractivity contribution in [2.24, 2.45) is 0 Å². The SMILES string of the molecule is Cc1ncnc(C)c1C(=O)NCCC(C)N1CCC(N(Cc2cccc(F)c2)c2ccc(C#N)cc2)CC1. The van der Waals surface area contributed by atoms with E-state index >= 15 is 0 Å². The molecule has 1 aliphatic rings. The first-order valence-corrected chi connectivity index (χ1v) is 13.2. The number of rotatable bonds is 9. The molecule has 38 heavy (non-hydrogen) atoms. The van der Waals surface area contributed by atoms with E-state index < -0.39 is 0 Å². The molecule has 1 unspecified atom stereocenters. The van der Waals surface area contributed by atoms with Gasteiger partial charge in [0.2, 0.25) is 0 Å². The minimum atomic E-state index is -0.233. The van der Waals surface area contributed by atoms with Crippen LogP contribution in [0.4, 0.5) is 10.1 Å². The molecule has 1 fully saturated rings. The zero-order valence-electron chi connectivity index (χ0n) is 22.3. The number of hydrogen-bond donors (Lipinski definition) is 1. The minimum Gasteiger partial charge on any atom is -0.364 e. The molecule has 8 heteroatoms. The summed E-state index contributed by atoms with van der Waals surface area (Å²) >= 11 is 0. The molecule has 198 valence electrons. The van der Waals surface area contributed by atoms with Crippen LogP contribution in [-0.2, 0) is 6.54 Å². The molecule has 0 bridgehead atoms. The molecule has 2 aromatic carbocycles. The molecule has 1 aromatic heterocycles. The Morgan fingerprint density at radius 3 is 2.47 bits per heavy atom. The molecule has 0 saturated carbocycles. The number of carbonyl (C=O) groups excluding carboxylic acids is 1. The summed E-state index contributed by atoms with van der Waals surface area (Å²) in [6.45, 7) is 8.95. The smallest absolute Gasteiger partial charge is 0.254 e. The van der Waals surface area contributed by atoms with Crippen molar-refractivity contribution in [3.8, 4) is 6.07 Å². The lowest BCUT2D eigenvalue weighted by Crippen LogP contribution is -2.48. The van der Waals surface area contributed by atoms with Crippen LogP contribution in [-0.4, -0.2) is 52.5 Å². The second-order valence-corrected chi connectivity index (χ2v) is 10.00. The van der Waals surface area contributed by atoms with Crippen LogP contribution in [0.15, 0.2) is 54.9 Å². The third kappa shape index (κ3) is 6.73. The predicted octanol–water partition coefficient (Wildman–Crippen LogP) is 4.78. The van der Waals surface area contributed by atoms with Crippen molar-refractivity contribution in [2.75, 3.05) is 24.5 Å². The van der Waals surface area contributed by atoms with Crippen molar-refractivity contribution < 1.29 is 9.18 Å². The molecule has 4 rings (SSSR count). The molecule has 2 heterocycles. The van der Waals surface area contributed by atoms with Gasteiger partial charge in [0.1, 0.15) is 12.1 Å². The van der Waals surface area contributed by atoms with Crippen molar-refractivity contribution in [1.29, 1.82) is 5.26 Å². The van der Waals surface area contributed by atoms with E-state index in [0.29, 0.717) is 47.7 Å². The number of carbonyl (C=O) groups is 1. The van der Waals surface area contributed by atoms with Gasteiger partial charge in [-0.1, -0.05) is 12.1 Å². The molecule has 1 atom stereocenters. The zero-order chi connectivity index (χ0) is 27.1. The summed E-state index contributed by atoms with van der Waals surface area (Å²) in [5.41, 5.74) is 4.53. The van der Waals surface area contributed by atoms with E-state index in [-0.39, 0.29) is 11.7 Å². The number of piperidine rings is 1. The Kier molecular flexibility index (Phi) is 9.03. The minimum absolute atomic E-state index is 0.123. The summed E-state index contributed by atoms with van der Waals surface area (Å²) in [4.78, 5) is 25.8. The van der Waals surface area contributed by atoms with Crippen LogP contribution in [0.5, 0.6) is 0 Å². The highest BCUT2D eigenvalue weighted by Gasteiger charge is 2.27. The molecular weight excluding hydrogens is 479 g/mol. The number of anilines is 1. The number of halogens is 1. The maximum absolute atomic E-state index is 13.9. The highest BCUT2D eigenvalue weighted by atomic mass is 19.1. The lowest BCUT2D eigenvalue weighted by atomic mass is 9.99. The van der Waals surface area contributed by atoms with Crippen LogP contribution in [0.3, 0.4) is 0 Å². The van der Waals surface area contributed by atoms with Gasteiger partial charge in [0.05, 0.1) is 28.6 Å².